The van der Waals surface area contributed by atoms with Crippen LogP contribution < -0.4 is 4.74 Å². The highest BCUT2D eigenvalue weighted by Gasteiger charge is 2.36. The van der Waals surface area contributed by atoms with Gasteiger partial charge in [-0.15, -0.1) is 13.2 Å². The smallest absolute Gasteiger partial charge is 0.406 e. The molecular weight excluding hydrogens is 406 g/mol. The molecular formula is C20H15F4N3O3. The number of ether oxygens (including phenoxy) is 1. The molecule has 0 spiro atoms. The van der Waals surface area contributed by atoms with E-state index in [4.69, 9.17) is 4.52 Å². The molecule has 3 aromatic rings. The lowest BCUT2D eigenvalue weighted by Gasteiger charge is -2.22. The highest BCUT2D eigenvalue weighted by Crippen LogP contribution is 2.34. The third-order valence-electron chi connectivity index (χ3n) is 4.70. The Hall–Kier alpha value is -3.43. The second-order valence-corrected chi connectivity index (χ2v) is 6.70. The van der Waals surface area contributed by atoms with E-state index in [1.807, 2.05) is 0 Å². The Balaban J connectivity index is 1.52. The van der Waals surface area contributed by atoms with E-state index < -0.39 is 18.2 Å². The standard InChI is InChI=1S/C20H15F4N3O3/c21-15-4-2-1-3-13(15)11-27-16(9-10-17(27)28)19-25-18(26-30-19)12-5-7-14(8-6-12)29-20(22,23)24/h1-8,16H,9-11H2. The van der Waals surface area contributed by atoms with Gasteiger partial charge in [0.2, 0.25) is 17.6 Å². The van der Waals surface area contributed by atoms with Gasteiger partial charge in [0.05, 0.1) is 0 Å². The highest BCUT2D eigenvalue weighted by molar-refractivity contribution is 5.78. The van der Waals surface area contributed by atoms with Gasteiger partial charge in [0.25, 0.3) is 0 Å². The molecule has 0 bridgehead atoms. The lowest BCUT2D eigenvalue weighted by molar-refractivity contribution is -0.274. The van der Waals surface area contributed by atoms with Crippen LogP contribution in [-0.4, -0.2) is 27.3 Å². The Labute approximate surface area is 168 Å². The molecule has 2 aromatic carbocycles. The SMILES string of the molecule is O=C1CCC(c2nc(-c3ccc(OC(F)(F)F)cc3)no2)N1Cc1ccccc1F. The summed E-state index contributed by atoms with van der Waals surface area (Å²) in [6.45, 7) is 0.0668. The molecule has 1 unspecified atom stereocenters. The molecule has 0 saturated carbocycles. The van der Waals surface area contributed by atoms with Crippen molar-refractivity contribution in [3.8, 4) is 17.1 Å². The van der Waals surface area contributed by atoms with Crippen LogP contribution in [0.15, 0.2) is 53.1 Å². The molecule has 4 rings (SSSR count). The Morgan fingerprint density at radius 1 is 1.13 bits per heavy atom. The normalized spacial score (nSPS) is 16.9. The second kappa shape index (κ2) is 7.77. The molecule has 1 amide bonds. The molecule has 0 aliphatic carbocycles. The average Bonchev–Trinajstić information content (AvgIpc) is 3.30. The van der Waals surface area contributed by atoms with Gasteiger partial charge < -0.3 is 14.2 Å². The molecule has 6 nitrogen and oxygen atoms in total. The average molecular weight is 421 g/mol. The van der Waals surface area contributed by atoms with Gasteiger partial charge in [-0.3, -0.25) is 4.79 Å². The maximum Gasteiger partial charge on any atom is 0.573 e. The molecule has 0 radical (unpaired) electrons. The number of likely N-dealkylation sites (tertiary alicyclic amines) is 1. The summed E-state index contributed by atoms with van der Waals surface area (Å²) in [6.07, 6.45) is -4.08. The summed E-state index contributed by atoms with van der Waals surface area (Å²) in [5.74, 6) is -0.594. The first-order valence-corrected chi connectivity index (χ1v) is 9.03. The van der Waals surface area contributed by atoms with Crippen molar-refractivity contribution in [1.82, 2.24) is 15.0 Å². The van der Waals surface area contributed by atoms with Crippen molar-refractivity contribution in [1.29, 1.82) is 0 Å². The first-order chi connectivity index (χ1) is 14.3. The Kier molecular flexibility index (Phi) is 5.15. The molecule has 1 aliphatic heterocycles. The van der Waals surface area contributed by atoms with Crippen LogP contribution in [0.1, 0.15) is 30.3 Å². The molecule has 1 aliphatic rings. The molecule has 1 atom stereocenters. The Morgan fingerprint density at radius 3 is 2.57 bits per heavy atom. The topological polar surface area (TPSA) is 68.5 Å². The zero-order valence-corrected chi connectivity index (χ0v) is 15.4. The van der Waals surface area contributed by atoms with Crippen molar-refractivity contribution in [2.24, 2.45) is 0 Å². The Bertz CT molecular complexity index is 1050. The third-order valence-corrected chi connectivity index (χ3v) is 4.70. The van der Waals surface area contributed by atoms with E-state index >= 15 is 0 Å². The van der Waals surface area contributed by atoms with Gasteiger partial charge in [-0.2, -0.15) is 4.98 Å². The second-order valence-electron chi connectivity index (χ2n) is 6.70. The largest absolute Gasteiger partial charge is 0.573 e. The molecule has 2 heterocycles. The van der Waals surface area contributed by atoms with Gasteiger partial charge >= 0.3 is 6.36 Å². The number of amides is 1. The molecule has 1 saturated heterocycles. The molecule has 1 aromatic heterocycles. The van der Waals surface area contributed by atoms with Crippen molar-refractivity contribution < 1.29 is 31.6 Å². The van der Waals surface area contributed by atoms with Crippen molar-refractivity contribution in [3.05, 3.63) is 65.8 Å². The number of alkyl halides is 3. The maximum atomic E-state index is 14.0. The van der Waals surface area contributed by atoms with Gasteiger partial charge in [0.1, 0.15) is 17.6 Å². The number of nitrogens with zero attached hydrogens (tertiary/aromatic N) is 3. The van der Waals surface area contributed by atoms with Crippen LogP contribution in [0.3, 0.4) is 0 Å². The van der Waals surface area contributed by atoms with Crippen LogP contribution in [0, 0.1) is 5.82 Å². The minimum atomic E-state index is -4.78. The number of rotatable bonds is 5. The fraction of sp³-hybridized carbons (Fsp3) is 0.250. The van der Waals surface area contributed by atoms with Crippen LogP contribution in [0.5, 0.6) is 5.75 Å². The van der Waals surface area contributed by atoms with E-state index in [0.29, 0.717) is 17.5 Å². The van der Waals surface area contributed by atoms with Crippen LogP contribution in [0.2, 0.25) is 0 Å². The van der Waals surface area contributed by atoms with Crippen LogP contribution in [0.4, 0.5) is 17.6 Å². The van der Waals surface area contributed by atoms with E-state index in [1.165, 1.54) is 23.1 Å². The number of carbonyl (C=O) groups is 1. The number of carbonyl (C=O) groups excluding carboxylic acids is 1. The number of aromatic nitrogens is 2. The van der Waals surface area contributed by atoms with Crippen LogP contribution in [-0.2, 0) is 11.3 Å². The van der Waals surface area contributed by atoms with Gasteiger partial charge in [0, 0.05) is 24.1 Å². The van der Waals surface area contributed by atoms with E-state index in [0.717, 1.165) is 12.1 Å². The molecule has 10 heteroatoms. The molecule has 0 N–H and O–H groups in total. The number of halogens is 4. The maximum absolute atomic E-state index is 14.0. The van der Waals surface area contributed by atoms with Crippen molar-refractivity contribution in [2.45, 2.75) is 31.8 Å². The summed E-state index contributed by atoms with van der Waals surface area (Å²) in [5, 5.41) is 3.86. The van der Waals surface area contributed by atoms with Gasteiger partial charge in [0.15, 0.2) is 0 Å². The van der Waals surface area contributed by atoms with Gasteiger partial charge in [-0.25, -0.2) is 4.39 Å². The van der Waals surface area contributed by atoms with E-state index in [1.54, 1.807) is 18.2 Å². The Morgan fingerprint density at radius 2 is 1.87 bits per heavy atom. The summed E-state index contributed by atoms with van der Waals surface area (Å²) in [4.78, 5) is 18.1. The summed E-state index contributed by atoms with van der Waals surface area (Å²) in [7, 11) is 0. The summed E-state index contributed by atoms with van der Waals surface area (Å²) >= 11 is 0. The number of benzene rings is 2. The molecule has 156 valence electrons. The van der Waals surface area contributed by atoms with Crippen molar-refractivity contribution >= 4 is 5.91 Å². The summed E-state index contributed by atoms with van der Waals surface area (Å²) in [5.41, 5.74) is 0.794. The fourth-order valence-corrected chi connectivity index (χ4v) is 3.29. The fourth-order valence-electron chi connectivity index (χ4n) is 3.29. The van der Waals surface area contributed by atoms with Crippen LogP contribution >= 0.6 is 0 Å². The zero-order chi connectivity index (χ0) is 21.3. The minimum Gasteiger partial charge on any atom is -0.406 e. The van der Waals surface area contributed by atoms with Crippen LogP contribution in [0.25, 0.3) is 11.4 Å². The lowest BCUT2D eigenvalue weighted by Crippen LogP contribution is -2.27. The van der Waals surface area contributed by atoms with Gasteiger partial charge in [-0.05, 0) is 36.8 Å². The quantitative estimate of drug-likeness (QED) is 0.562. The summed E-state index contributed by atoms with van der Waals surface area (Å²) < 4.78 is 59.9. The summed E-state index contributed by atoms with van der Waals surface area (Å²) in [6, 6.07) is 10.7. The molecule has 1 fully saturated rings. The first kappa shape index (κ1) is 19.9. The van der Waals surface area contributed by atoms with E-state index in [2.05, 4.69) is 14.9 Å². The molecule has 30 heavy (non-hydrogen) atoms. The van der Waals surface area contributed by atoms with Gasteiger partial charge in [-0.1, -0.05) is 23.4 Å². The highest BCUT2D eigenvalue weighted by atomic mass is 19.4. The van der Waals surface area contributed by atoms with Crippen molar-refractivity contribution in [3.63, 3.8) is 0 Å². The minimum absolute atomic E-state index is 0.0668. The lowest BCUT2D eigenvalue weighted by atomic mass is 10.1. The predicted molar refractivity (Wildman–Crippen MR) is 95.3 cm³/mol. The zero-order valence-electron chi connectivity index (χ0n) is 15.4. The monoisotopic (exact) mass is 421 g/mol. The number of hydrogen-bond acceptors (Lipinski definition) is 5. The predicted octanol–water partition coefficient (Wildman–Crippen LogP) is 4.64. The van der Waals surface area contributed by atoms with E-state index in [9.17, 15) is 22.4 Å². The van der Waals surface area contributed by atoms with E-state index in [-0.39, 0.29) is 36.3 Å². The number of hydrogen-bond donors (Lipinski definition) is 0. The third kappa shape index (κ3) is 4.27. The van der Waals surface area contributed by atoms with Crippen molar-refractivity contribution in [2.75, 3.05) is 0 Å². The first-order valence-electron chi connectivity index (χ1n) is 9.03.